The molecule has 20 heavy (non-hydrogen) atoms. The van der Waals surface area contributed by atoms with Crippen LogP contribution in [0, 0.1) is 5.92 Å². The van der Waals surface area contributed by atoms with Crippen LogP contribution in [-0.2, 0) is 0 Å². The molecule has 0 saturated heterocycles. The highest BCUT2D eigenvalue weighted by Gasteiger charge is 2.21. The van der Waals surface area contributed by atoms with Crippen molar-refractivity contribution in [1.82, 2.24) is 5.32 Å². The Balaban J connectivity index is 2.08. The lowest BCUT2D eigenvalue weighted by Crippen LogP contribution is -2.42. The Morgan fingerprint density at radius 3 is 2.75 bits per heavy atom. The van der Waals surface area contributed by atoms with E-state index in [1.165, 1.54) is 0 Å². The SMILES string of the molecule is CCC(C)NC(=S)C1C=CN(c2ccccc2)N=C1N. The zero-order valence-electron chi connectivity index (χ0n) is 11.8. The maximum Gasteiger partial charge on any atom is 0.134 e. The van der Waals surface area contributed by atoms with Gasteiger partial charge in [0.25, 0.3) is 0 Å². The van der Waals surface area contributed by atoms with Gasteiger partial charge in [0, 0.05) is 12.2 Å². The fourth-order valence-corrected chi connectivity index (χ4v) is 2.27. The predicted molar refractivity (Wildman–Crippen MR) is 88.7 cm³/mol. The van der Waals surface area contributed by atoms with Gasteiger partial charge >= 0.3 is 0 Å². The zero-order chi connectivity index (χ0) is 14.5. The summed E-state index contributed by atoms with van der Waals surface area (Å²) in [6.45, 7) is 4.22. The van der Waals surface area contributed by atoms with Gasteiger partial charge in [-0.25, -0.2) is 5.01 Å². The summed E-state index contributed by atoms with van der Waals surface area (Å²) in [5.74, 6) is 0.385. The number of amidine groups is 1. The fourth-order valence-electron chi connectivity index (χ4n) is 1.87. The lowest BCUT2D eigenvalue weighted by molar-refractivity contribution is 0.638. The highest BCUT2D eigenvalue weighted by molar-refractivity contribution is 7.80. The summed E-state index contributed by atoms with van der Waals surface area (Å²) in [4.78, 5) is 0.726. The van der Waals surface area contributed by atoms with Crippen molar-refractivity contribution in [3.05, 3.63) is 42.6 Å². The molecule has 0 amide bonds. The molecule has 2 rings (SSSR count). The van der Waals surface area contributed by atoms with E-state index in [9.17, 15) is 0 Å². The van der Waals surface area contributed by atoms with Crippen LogP contribution >= 0.6 is 12.2 Å². The van der Waals surface area contributed by atoms with E-state index in [0.717, 1.165) is 17.1 Å². The highest BCUT2D eigenvalue weighted by atomic mass is 32.1. The summed E-state index contributed by atoms with van der Waals surface area (Å²) < 4.78 is 0. The van der Waals surface area contributed by atoms with Crippen LogP contribution < -0.4 is 16.1 Å². The van der Waals surface area contributed by atoms with Gasteiger partial charge in [-0.1, -0.05) is 37.3 Å². The predicted octanol–water partition coefficient (Wildman–Crippen LogP) is 2.62. The quantitative estimate of drug-likeness (QED) is 0.836. The molecule has 1 aliphatic heterocycles. The summed E-state index contributed by atoms with van der Waals surface area (Å²) in [6.07, 6.45) is 4.90. The molecule has 1 aromatic rings. The lowest BCUT2D eigenvalue weighted by atomic mass is 10.1. The molecule has 1 aromatic carbocycles. The van der Waals surface area contributed by atoms with Crippen LogP contribution in [0.1, 0.15) is 20.3 Å². The number of para-hydroxylation sites is 1. The summed E-state index contributed by atoms with van der Waals surface area (Å²) in [7, 11) is 0. The second kappa shape index (κ2) is 6.52. The Morgan fingerprint density at radius 1 is 1.45 bits per heavy atom. The molecule has 1 aliphatic rings. The first-order valence-corrected chi connectivity index (χ1v) is 7.19. The van der Waals surface area contributed by atoms with Crippen LogP contribution in [-0.4, -0.2) is 16.9 Å². The molecule has 4 nitrogen and oxygen atoms in total. The van der Waals surface area contributed by atoms with Gasteiger partial charge in [0.05, 0.1) is 16.6 Å². The Kier molecular flexibility index (Phi) is 4.74. The number of nitrogens with one attached hydrogen (secondary N) is 1. The lowest BCUT2D eigenvalue weighted by Gasteiger charge is -2.25. The van der Waals surface area contributed by atoms with Gasteiger partial charge in [0.15, 0.2) is 0 Å². The number of benzene rings is 1. The summed E-state index contributed by atoms with van der Waals surface area (Å²) in [5.41, 5.74) is 7.03. The third-order valence-electron chi connectivity index (χ3n) is 3.27. The minimum atomic E-state index is -0.126. The molecule has 5 heteroatoms. The van der Waals surface area contributed by atoms with Crippen LogP contribution in [0.4, 0.5) is 5.69 Å². The average molecular weight is 288 g/mol. The molecule has 0 aliphatic carbocycles. The second-order valence-electron chi connectivity index (χ2n) is 4.84. The number of nitrogens with two attached hydrogens (primary N) is 1. The van der Waals surface area contributed by atoms with Crippen molar-refractivity contribution in [2.24, 2.45) is 16.8 Å². The first kappa shape index (κ1) is 14.5. The topological polar surface area (TPSA) is 53.6 Å². The molecule has 0 spiro atoms. The maximum absolute atomic E-state index is 6.05. The largest absolute Gasteiger partial charge is 0.385 e. The van der Waals surface area contributed by atoms with Crippen molar-refractivity contribution >= 4 is 28.7 Å². The molecule has 0 saturated carbocycles. The van der Waals surface area contributed by atoms with Crippen molar-refractivity contribution < 1.29 is 0 Å². The average Bonchev–Trinajstić information content (AvgIpc) is 2.47. The van der Waals surface area contributed by atoms with E-state index >= 15 is 0 Å². The van der Waals surface area contributed by atoms with E-state index in [4.69, 9.17) is 18.0 Å². The zero-order valence-corrected chi connectivity index (χ0v) is 12.6. The molecule has 0 radical (unpaired) electrons. The standard InChI is InChI=1S/C15H20N4S/c1-3-11(2)17-15(20)13-9-10-19(18-14(13)16)12-7-5-4-6-8-12/h4-11,13H,3H2,1-2H3,(H2,16,18)(H,17,20). The summed E-state index contributed by atoms with van der Waals surface area (Å²) >= 11 is 5.41. The van der Waals surface area contributed by atoms with E-state index in [1.54, 1.807) is 5.01 Å². The number of thiocarbonyl (C=S) groups is 1. The summed E-state index contributed by atoms with van der Waals surface area (Å²) in [6, 6.07) is 10.2. The molecule has 106 valence electrons. The van der Waals surface area contributed by atoms with Crippen molar-refractivity contribution in [3.63, 3.8) is 0 Å². The van der Waals surface area contributed by atoms with Gasteiger partial charge in [-0.15, -0.1) is 0 Å². The van der Waals surface area contributed by atoms with Gasteiger partial charge in [0.2, 0.25) is 0 Å². The van der Waals surface area contributed by atoms with E-state index < -0.39 is 0 Å². The number of hydrazone groups is 1. The van der Waals surface area contributed by atoms with Gasteiger partial charge in [-0.3, -0.25) is 0 Å². The van der Waals surface area contributed by atoms with Crippen LogP contribution in [0.5, 0.6) is 0 Å². The van der Waals surface area contributed by atoms with Crippen LogP contribution in [0.25, 0.3) is 0 Å². The van der Waals surface area contributed by atoms with Crippen LogP contribution in [0.3, 0.4) is 0 Å². The molecular formula is C15H20N4S. The number of hydrogen-bond donors (Lipinski definition) is 2. The van der Waals surface area contributed by atoms with Crippen molar-refractivity contribution in [2.45, 2.75) is 26.3 Å². The van der Waals surface area contributed by atoms with Gasteiger partial charge in [-0.05, 0) is 31.6 Å². The Hall–Kier alpha value is -1.88. The molecule has 2 atom stereocenters. The maximum atomic E-state index is 6.05. The van der Waals surface area contributed by atoms with Crippen molar-refractivity contribution in [3.8, 4) is 0 Å². The first-order chi connectivity index (χ1) is 9.61. The summed E-state index contributed by atoms with van der Waals surface area (Å²) in [5, 5.41) is 9.45. The normalized spacial score (nSPS) is 19.4. The van der Waals surface area contributed by atoms with E-state index in [1.807, 2.05) is 42.6 Å². The van der Waals surface area contributed by atoms with E-state index in [0.29, 0.717) is 11.9 Å². The number of rotatable bonds is 4. The third kappa shape index (κ3) is 3.36. The molecule has 0 bridgehead atoms. The van der Waals surface area contributed by atoms with E-state index in [-0.39, 0.29) is 5.92 Å². The molecule has 0 aromatic heterocycles. The molecule has 1 heterocycles. The highest BCUT2D eigenvalue weighted by Crippen LogP contribution is 2.19. The van der Waals surface area contributed by atoms with Crippen LogP contribution in [0.2, 0.25) is 0 Å². The van der Waals surface area contributed by atoms with Crippen molar-refractivity contribution in [2.75, 3.05) is 5.01 Å². The van der Waals surface area contributed by atoms with Crippen LogP contribution in [0.15, 0.2) is 47.7 Å². The third-order valence-corrected chi connectivity index (χ3v) is 3.64. The van der Waals surface area contributed by atoms with Gasteiger partial charge < -0.3 is 11.1 Å². The van der Waals surface area contributed by atoms with Gasteiger partial charge in [0.1, 0.15) is 5.84 Å². The Labute approximate surface area is 125 Å². The molecular weight excluding hydrogens is 268 g/mol. The Bertz CT molecular complexity index is 524. The van der Waals surface area contributed by atoms with Gasteiger partial charge in [-0.2, -0.15) is 5.10 Å². The monoisotopic (exact) mass is 288 g/mol. The molecule has 2 unspecified atom stereocenters. The smallest absolute Gasteiger partial charge is 0.134 e. The fraction of sp³-hybridized carbons (Fsp3) is 0.333. The number of anilines is 1. The van der Waals surface area contributed by atoms with Crippen molar-refractivity contribution in [1.29, 1.82) is 0 Å². The minimum absolute atomic E-state index is 0.126. The Morgan fingerprint density at radius 2 is 2.15 bits per heavy atom. The number of hydrogen-bond acceptors (Lipinski definition) is 4. The molecule has 3 N–H and O–H groups in total. The molecule has 0 fully saturated rings. The number of nitrogens with zero attached hydrogens (tertiary/aromatic N) is 2. The second-order valence-corrected chi connectivity index (χ2v) is 5.28. The minimum Gasteiger partial charge on any atom is -0.385 e. The first-order valence-electron chi connectivity index (χ1n) is 6.78. The van der Waals surface area contributed by atoms with E-state index in [2.05, 4.69) is 24.3 Å².